The van der Waals surface area contributed by atoms with Crippen molar-refractivity contribution in [3.63, 3.8) is 0 Å². The summed E-state index contributed by atoms with van der Waals surface area (Å²) in [6.07, 6.45) is 1.63. The Labute approximate surface area is 162 Å². The smallest absolute Gasteiger partial charge is 0.286 e. The molecule has 2 aromatic rings. The van der Waals surface area contributed by atoms with Crippen LogP contribution in [-0.2, 0) is 6.54 Å². The minimum Gasteiger partial charge on any atom is -0.493 e. The van der Waals surface area contributed by atoms with E-state index in [2.05, 4.69) is 4.90 Å². The van der Waals surface area contributed by atoms with Crippen LogP contribution in [0.4, 0.5) is 5.69 Å². The number of nitro benzene ring substituents is 1. The van der Waals surface area contributed by atoms with Gasteiger partial charge >= 0.3 is 0 Å². The number of carbonyl (C=O) groups is 1. The molecule has 9 nitrogen and oxygen atoms in total. The second-order valence-corrected chi connectivity index (χ2v) is 6.36. The quantitative estimate of drug-likeness (QED) is 0.530. The van der Waals surface area contributed by atoms with E-state index in [9.17, 15) is 14.9 Å². The van der Waals surface area contributed by atoms with E-state index in [1.54, 1.807) is 18.1 Å². The Bertz CT molecular complexity index is 828. The maximum atomic E-state index is 13.0. The normalized spacial score (nSPS) is 14.7. The van der Waals surface area contributed by atoms with Gasteiger partial charge < -0.3 is 18.8 Å². The molecular formula is C19H23N3O6. The number of methoxy groups -OCH3 is 1. The molecule has 0 unspecified atom stereocenters. The molecule has 0 N–H and O–H groups in total. The van der Waals surface area contributed by atoms with E-state index in [-0.39, 0.29) is 22.9 Å². The molecule has 1 amide bonds. The first-order valence-corrected chi connectivity index (χ1v) is 9.06. The summed E-state index contributed by atoms with van der Waals surface area (Å²) in [5.74, 6) is 1.03. The molecule has 9 heteroatoms. The third-order valence-electron chi connectivity index (χ3n) is 4.63. The van der Waals surface area contributed by atoms with Crippen LogP contribution in [0.5, 0.6) is 11.5 Å². The van der Waals surface area contributed by atoms with E-state index in [1.807, 2.05) is 12.1 Å². The Hall–Kier alpha value is -3.07. The molecule has 0 saturated carbocycles. The molecule has 28 heavy (non-hydrogen) atoms. The van der Waals surface area contributed by atoms with Gasteiger partial charge in [0.05, 0.1) is 37.5 Å². The lowest BCUT2D eigenvalue weighted by atomic mass is 10.1. The minimum absolute atomic E-state index is 0.00809. The predicted molar refractivity (Wildman–Crippen MR) is 101 cm³/mol. The second-order valence-electron chi connectivity index (χ2n) is 6.36. The zero-order chi connectivity index (χ0) is 20.1. The van der Waals surface area contributed by atoms with E-state index in [0.717, 1.165) is 5.76 Å². The summed E-state index contributed by atoms with van der Waals surface area (Å²) in [5, 5.41) is 11.5. The van der Waals surface area contributed by atoms with Crippen molar-refractivity contribution in [2.45, 2.75) is 13.5 Å². The highest BCUT2D eigenvalue weighted by Crippen LogP contribution is 2.35. The first-order chi connectivity index (χ1) is 13.5. The van der Waals surface area contributed by atoms with Crippen molar-refractivity contribution in [1.82, 2.24) is 9.80 Å². The topological polar surface area (TPSA) is 98.3 Å². The van der Waals surface area contributed by atoms with Crippen LogP contribution in [0, 0.1) is 10.1 Å². The zero-order valence-corrected chi connectivity index (χ0v) is 15.9. The second kappa shape index (κ2) is 8.75. The van der Waals surface area contributed by atoms with E-state index in [4.69, 9.17) is 13.9 Å². The van der Waals surface area contributed by atoms with E-state index >= 15 is 0 Å². The summed E-state index contributed by atoms with van der Waals surface area (Å²) in [5.41, 5.74) is -0.281. The number of ether oxygens (including phenoxy) is 2. The third kappa shape index (κ3) is 4.25. The Morgan fingerprint density at radius 1 is 1.25 bits per heavy atom. The first kappa shape index (κ1) is 19.7. The van der Waals surface area contributed by atoms with Crippen molar-refractivity contribution in [1.29, 1.82) is 0 Å². The molecule has 0 radical (unpaired) electrons. The van der Waals surface area contributed by atoms with Gasteiger partial charge in [-0.1, -0.05) is 0 Å². The van der Waals surface area contributed by atoms with Crippen molar-refractivity contribution in [2.24, 2.45) is 0 Å². The number of nitro groups is 1. The highest BCUT2D eigenvalue weighted by Gasteiger charge is 2.30. The largest absolute Gasteiger partial charge is 0.493 e. The Balaban J connectivity index is 1.76. The molecule has 1 aromatic heterocycles. The van der Waals surface area contributed by atoms with E-state index < -0.39 is 4.92 Å². The number of carbonyl (C=O) groups excluding carboxylic acids is 1. The lowest BCUT2D eigenvalue weighted by Crippen LogP contribution is -2.48. The van der Waals surface area contributed by atoms with Crippen LogP contribution in [0.1, 0.15) is 23.0 Å². The van der Waals surface area contributed by atoms with Crippen molar-refractivity contribution in [3.8, 4) is 11.5 Å². The minimum atomic E-state index is -0.571. The van der Waals surface area contributed by atoms with Gasteiger partial charge in [-0.3, -0.25) is 19.8 Å². The Morgan fingerprint density at radius 3 is 2.57 bits per heavy atom. The van der Waals surface area contributed by atoms with Gasteiger partial charge in [0, 0.05) is 32.2 Å². The Morgan fingerprint density at radius 2 is 2.00 bits per heavy atom. The molecule has 1 aliphatic heterocycles. The summed E-state index contributed by atoms with van der Waals surface area (Å²) >= 11 is 0. The van der Waals surface area contributed by atoms with Crippen molar-refractivity contribution >= 4 is 11.6 Å². The SMILES string of the molecule is CCOc1cc(C(=O)N2CCN(Cc3ccco3)CC2)c([N+](=O)[O-])cc1OC. The summed E-state index contributed by atoms with van der Waals surface area (Å²) < 4.78 is 16.0. The van der Waals surface area contributed by atoms with Gasteiger partial charge in [-0.05, 0) is 19.1 Å². The summed E-state index contributed by atoms with van der Waals surface area (Å²) in [6.45, 7) is 5.10. The summed E-state index contributed by atoms with van der Waals surface area (Å²) in [4.78, 5) is 27.7. The third-order valence-corrected chi connectivity index (χ3v) is 4.63. The number of amides is 1. The fraction of sp³-hybridized carbons (Fsp3) is 0.421. The highest BCUT2D eigenvalue weighted by molar-refractivity contribution is 5.99. The molecule has 1 aliphatic rings. The molecular weight excluding hydrogens is 366 g/mol. The van der Waals surface area contributed by atoms with Gasteiger partial charge in [0.15, 0.2) is 11.5 Å². The molecule has 1 saturated heterocycles. The van der Waals surface area contributed by atoms with E-state index in [0.29, 0.717) is 45.1 Å². The first-order valence-electron chi connectivity index (χ1n) is 9.06. The predicted octanol–water partition coefficient (Wildman–Crippen LogP) is 2.55. The average molecular weight is 389 g/mol. The van der Waals surface area contributed by atoms with Gasteiger partial charge in [-0.2, -0.15) is 0 Å². The Kier molecular flexibility index (Phi) is 6.15. The van der Waals surface area contributed by atoms with Crippen LogP contribution in [0.2, 0.25) is 0 Å². The fourth-order valence-electron chi connectivity index (χ4n) is 3.20. The van der Waals surface area contributed by atoms with Crippen LogP contribution < -0.4 is 9.47 Å². The summed E-state index contributed by atoms with van der Waals surface area (Å²) in [7, 11) is 1.40. The van der Waals surface area contributed by atoms with Gasteiger partial charge in [0.1, 0.15) is 11.3 Å². The van der Waals surface area contributed by atoms with Crippen molar-refractivity contribution in [3.05, 3.63) is 52.0 Å². The molecule has 2 heterocycles. The number of hydrogen-bond acceptors (Lipinski definition) is 7. The lowest BCUT2D eigenvalue weighted by Gasteiger charge is -2.34. The van der Waals surface area contributed by atoms with Crippen LogP contribution in [-0.4, -0.2) is 60.5 Å². The molecule has 0 bridgehead atoms. The molecule has 0 atom stereocenters. The van der Waals surface area contributed by atoms with Crippen molar-refractivity contribution < 1.29 is 23.6 Å². The number of furan rings is 1. The van der Waals surface area contributed by atoms with Gasteiger partial charge in [-0.15, -0.1) is 0 Å². The standard InChI is InChI=1S/C19H23N3O6/c1-3-27-18-11-15(16(22(24)25)12-17(18)26-2)19(23)21-8-6-20(7-9-21)13-14-5-4-10-28-14/h4-5,10-12H,3,6-9,13H2,1-2H3. The maximum Gasteiger partial charge on any atom is 0.286 e. The number of hydrogen-bond donors (Lipinski definition) is 0. The molecule has 1 aromatic carbocycles. The molecule has 0 spiro atoms. The summed E-state index contributed by atoms with van der Waals surface area (Å²) in [6, 6.07) is 6.39. The monoisotopic (exact) mass is 389 g/mol. The molecule has 3 rings (SSSR count). The molecule has 1 fully saturated rings. The van der Waals surface area contributed by atoms with E-state index in [1.165, 1.54) is 19.2 Å². The van der Waals surface area contributed by atoms with Crippen LogP contribution >= 0.6 is 0 Å². The number of nitrogens with zero attached hydrogens (tertiary/aromatic N) is 3. The van der Waals surface area contributed by atoms with Crippen molar-refractivity contribution in [2.75, 3.05) is 39.9 Å². The van der Waals surface area contributed by atoms with Gasteiger partial charge in [0.25, 0.3) is 11.6 Å². The number of rotatable bonds is 7. The van der Waals surface area contributed by atoms with Crippen LogP contribution in [0.25, 0.3) is 0 Å². The maximum absolute atomic E-state index is 13.0. The lowest BCUT2D eigenvalue weighted by molar-refractivity contribution is -0.385. The van der Waals surface area contributed by atoms with Crippen LogP contribution in [0.15, 0.2) is 34.9 Å². The molecule has 150 valence electrons. The molecule has 0 aliphatic carbocycles. The highest BCUT2D eigenvalue weighted by atomic mass is 16.6. The number of piperazine rings is 1. The van der Waals surface area contributed by atoms with Crippen LogP contribution in [0.3, 0.4) is 0 Å². The average Bonchev–Trinajstić information content (AvgIpc) is 3.21. The fourth-order valence-corrected chi connectivity index (χ4v) is 3.20. The number of benzene rings is 1. The zero-order valence-electron chi connectivity index (χ0n) is 15.9. The van der Waals surface area contributed by atoms with Gasteiger partial charge in [0.2, 0.25) is 0 Å². The van der Waals surface area contributed by atoms with Gasteiger partial charge in [-0.25, -0.2) is 0 Å².